The molecule has 0 saturated heterocycles. The summed E-state index contributed by atoms with van der Waals surface area (Å²) in [5, 5.41) is 2.98. The summed E-state index contributed by atoms with van der Waals surface area (Å²) in [6.45, 7) is 0.373. The van der Waals surface area contributed by atoms with Gasteiger partial charge in [0.1, 0.15) is 5.82 Å². The highest BCUT2D eigenvalue weighted by molar-refractivity contribution is 6.31. The van der Waals surface area contributed by atoms with Crippen LogP contribution in [-0.4, -0.2) is 18.0 Å². The molecule has 0 atom stereocenters. The van der Waals surface area contributed by atoms with Crippen LogP contribution in [0.4, 0.5) is 4.39 Å². The van der Waals surface area contributed by atoms with E-state index in [1.165, 1.54) is 18.2 Å². The van der Waals surface area contributed by atoms with Gasteiger partial charge < -0.3 is 11.1 Å². The van der Waals surface area contributed by atoms with E-state index >= 15 is 0 Å². The summed E-state index contributed by atoms with van der Waals surface area (Å²) < 4.78 is 13.4. The fraction of sp³-hybridized carbons (Fsp3) is 0.417. The van der Waals surface area contributed by atoms with E-state index in [1.54, 1.807) is 0 Å². The predicted octanol–water partition coefficient (Wildman–Crippen LogP) is 2.51. The number of nitrogens with two attached hydrogens (primary N) is 1. The van der Waals surface area contributed by atoms with E-state index in [4.69, 9.17) is 17.3 Å². The standard InChI is InChI=1S/C12H14ClFN2O.ClH/c13-8-2-3-10(14)9(6-8)11(17)16-7-12(15)4-1-5-12;/h2-3,6H,1,4-5,7,15H2,(H,16,17);1H. The van der Waals surface area contributed by atoms with Crippen LogP contribution in [0.3, 0.4) is 0 Å². The van der Waals surface area contributed by atoms with Crippen LogP contribution in [-0.2, 0) is 0 Å². The van der Waals surface area contributed by atoms with Crippen LogP contribution in [0.25, 0.3) is 0 Å². The summed E-state index contributed by atoms with van der Waals surface area (Å²) in [5.74, 6) is -1.05. The molecule has 1 fully saturated rings. The van der Waals surface area contributed by atoms with Crippen LogP contribution in [0.1, 0.15) is 29.6 Å². The number of rotatable bonds is 3. The molecule has 1 aromatic rings. The van der Waals surface area contributed by atoms with Gasteiger partial charge in [-0.05, 0) is 37.5 Å². The first-order chi connectivity index (χ1) is 8.00. The molecule has 0 unspecified atom stereocenters. The highest BCUT2D eigenvalue weighted by Gasteiger charge is 2.32. The second kappa shape index (κ2) is 5.87. The quantitative estimate of drug-likeness (QED) is 0.899. The molecule has 1 aromatic carbocycles. The van der Waals surface area contributed by atoms with E-state index in [-0.39, 0.29) is 23.5 Å². The Balaban J connectivity index is 0.00000162. The number of hydrogen-bond donors (Lipinski definition) is 2. The minimum Gasteiger partial charge on any atom is -0.350 e. The molecule has 0 spiro atoms. The fourth-order valence-corrected chi connectivity index (χ4v) is 2.00. The van der Waals surface area contributed by atoms with Crippen LogP contribution < -0.4 is 11.1 Å². The Kier molecular flexibility index (Phi) is 4.96. The zero-order chi connectivity index (χ0) is 12.5. The molecule has 2 rings (SSSR count). The monoisotopic (exact) mass is 292 g/mol. The fourth-order valence-electron chi connectivity index (χ4n) is 1.83. The van der Waals surface area contributed by atoms with Crippen LogP contribution in [0.15, 0.2) is 18.2 Å². The lowest BCUT2D eigenvalue weighted by molar-refractivity contribution is 0.0925. The van der Waals surface area contributed by atoms with Crippen molar-refractivity contribution in [3.63, 3.8) is 0 Å². The molecule has 0 aliphatic heterocycles. The Morgan fingerprint density at radius 1 is 1.50 bits per heavy atom. The third kappa shape index (κ3) is 3.34. The lowest BCUT2D eigenvalue weighted by Gasteiger charge is -2.38. The second-order valence-electron chi connectivity index (χ2n) is 4.52. The molecule has 0 heterocycles. The summed E-state index contributed by atoms with van der Waals surface area (Å²) in [6.07, 6.45) is 2.87. The molecule has 3 nitrogen and oxygen atoms in total. The maximum atomic E-state index is 13.4. The Hall–Kier alpha value is -0.840. The maximum absolute atomic E-state index is 13.4. The van der Waals surface area contributed by atoms with Gasteiger partial charge >= 0.3 is 0 Å². The number of amides is 1. The van der Waals surface area contributed by atoms with Gasteiger partial charge in [0.05, 0.1) is 5.56 Å². The van der Waals surface area contributed by atoms with Gasteiger partial charge in [0.2, 0.25) is 0 Å². The van der Waals surface area contributed by atoms with Gasteiger partial charge in [-0.25, -0.2) is 4.39 Å². The third-order valence-corrected chi connectivity index (χ3v) is 3.36. The van der Waals surface area contributed by atoms with E-state index < -0.39 is 11.7 Å². The number of carbonyl (C=O) groups is 1. The van der Waals surface area contributed by atoms with E-state index in [0.29, 0.717) is 11.6 Å². The molecule has 6 heteroatoms. The number of benzene rings is 1. The SMILES string of the molecule is Cl.NC1(CNC(=O)c2cc(Cl)ccc2F)CCC1. The largest absolute Gasteiger partial charge is 0.350 e. The van der Waals surface area contributed by atoms with Crippen molar-refractivity contribution in [2.75, 3.05) is 6.54 Å². The minimum absolute atomic E-state index is 0. The Morgan fingerprint density at radius 2 is 2.17 bits per heavy atom. The highest BCUT2D eigenvalue weighted by Crippen LogP contribution is 2.28. The molecule has 0 radical (unpaired) electrons. The Morgan fingerprint density at radius 3 is 2.72 bits per heavy atom. The average molecular weight is 293 g/mol. The van der Waals surface area contributed by atoms with Crippen molar-refractivity contribution in [3.8, 4) is 0 Å². The lowest BCUT2D eigenvalue weighted by atomic mass is 9.78. The molecule has 18 heavy (non-hydrogen) atoms. The summed E-state index contributed by atoms with van der Waals surface area (Å²) in [5.41, 5.74) is 5.61. The van der Waals surface area contributed by atoms with Crippen molar-refractivity contribution in [2.24, 2.45) is 5.73 Å². The summed E-state index contributed by atoms with van der Waals surface area (Å²) >= 11 is 5.72. The van der Waals surface area contributed by atoms with Crippen molar-refractivity contribution in [1.29, 1.82) is 0 Å². The molecule has 3 N–H and O–H groups in total. The molecule has 1 amide bonds. The number of carbonyl (C=O) groups excluding carboxylic acids is 1. The van der Waals surface area contributed by atoms with E-state index in [0.717, 1.165) is 19.3 Å². The zero-order valence-electron chi connectivity index (χ0n) is 9.71. The van der Waals surface area contributed by atoms with Gasteiger partial charge in [-0.3, -0.25) is 4.79 Å². The summed E-state index contributed by atoms with van der Waals surface area (Å²) in [7, 11) is 0. The average Bonchev–Trinajstić information content (AvgIpc) is 2.26. The minimum atomic E-state index is -0.577. The normalized spacial score (nSPS) is 16.4. The number of halogens is 3. The zero-order valence-corrected chi connectivity index (χ0v) is 11.3. The first-order valence-corrected chi connectivity index (χ1v) is 5.90. The number of hydrogen-bond acceptors (Lipinski definition) is 2. The van der Waals surface area contributed by atoms with Gasteiger partial charge in [0.15, 0.2) is 0 Å². The van der Waals surface area contributed by atoms with Crippen LogP contribution in [0.2, 0.25) is 5.02 Å². The van der Waals surface area contributed by atoms with Crippen molar-refractivity contribution in [2.45, 2.75) is 24.8 Å². The van der Waals surface area contributed by atoms with Crippen molar-refractivity contribution < 1.29 is 9.18 Å². The van der Waals surface area contributed by atoms with Crippen molar-refractivity contribution >= 4 is 29.9 Å². The van der Waals surface area contributed by atoms with E-state index in [1.807, 2.05) is 0 Å². The molecule has 0 aromatic heterocycles. The highest BCUT2D eigenvalue weighted by atomic mass is 35.5. The number of nitrogens with one attached hydrogen (secondary N) is 1. The van der Waals surface area contributed by atoms with Crippen LogP contribution in [0.5, 0.6) is 0 Å². The van der Waals surface area contributed by atoms with Gasteiger partial charge in [0, 0.05) is 17.1 Å². The third-order valence-electron chi connectivity index (χ3n) is 3.12. The summed E-state index contributed by atoms with van der Waals surface area (Å²) in [4.78, 5) is 11.7. The molecular formula is C12H15Cl2FN2O. The van der Waals surface area contributed by atoms with Crippen LogP contribution in [0, 0.1) is 5.82 Å². The Bertz CT molecular complexity index is 450. The van der Waals surface area contributed by atoms with E-state index in [9.17, 15) is 9.18 Å². The van der Waals surface area contributed by atoms with Gasteiger partial charge in [-0.1, -0.05) is 11.6 Å². The van der Waals surface area contributed by atoms with Crippen molar-refractivity contribution in [1.82, 2.24) is 5.32 Å². The molecule has 100 valence electrons. The smallest absolute Gasteiger partial charge is 0.254 e. The maximum Gasteiger partial charge on any atom is 0.254 e. The van der Waals surface area contributed by atoms with Gasteiger partial charge in [-0.2, -0.15) is 0 Å². The van der Waals surface area contributed by atoms with Crippen molar-refractivity contribution in [3.05, 3.63) is 34.6 Å². The van der Waals surface area contributed by atoms with Crippen LogP contribution >= 0.6 is 24.0 Å². The topological polar surface area (TPSA) is 55.1 Å². The summed E-state index contributed by atoms with van der Waals surface area (Å²) in [6, 6.07) is 3.90. The molecule has 0 bridgehead atoms. The van der Waals surface area contributed by atoms with Gasteiger partial charge in [-0.15, -0.1) is 12.4 Å². The molecule has 1 saturated carbocycles. The Labute approximate surface area is 116 Å². The molecule has 1 aliphatic rings. The van der Waals surface area contributed by atoms with E-state index in [2.05, 4.69) is 5.32 Å². The van der Waals surface area contributed by atoms with Gasteiger partial charge in [0.25, 0.3) is 5.91 Å². The lowest BCUT2D eigenvalue weighted by Crippen LogP contribution is -2.55. The second-order valence-corrected chi connectivity index (χ2v) is 4.96. The first-order valence-electron chi connectivity index (χ1n) is 5.52. The first kappa shape index (κ1) is 15.2. The molecular weight excluding hydrogens is 278 g/mol. The molecule has 1 aliphatic carbocycles. The predicted molar refractivity (Wildman–Crippen MR) is 71.8 cm³/mol.